The lowest BCUT2D eigenvalue weighted by Crippen LogP contribution is -2.30. The minimum atomic E-state index is -0.481. The number of aromatic nitrogens is 1. The second-order valence-electron chi connectivity index (χ2n) is 21.9. The Kier molecular flexibility index (Phi) is 25.6. The Morgan fingerprint density at radius 1 is 0.512 bits per heavy atom. The zero-order valence-electron chi connectivity index (χ0n) is 49.0. The number of para-hydroxylation sites is 1. The first-order chi connectivity index (χ1) is 42.0. The highest BCUT2D eigenvalue weighted by Crippen LogP contribution is 2.36. The van der Waals surface area contributed by atoms with Crippen molar-refractivity contribution in [2.75, 3.05) is 38.2 Å². The Bertz CT molecular complexity index is 3020. The van der Waals surface area contributed by atoms with Crippen LogP contribution in [0.15, 0.2) is 121 Å². The van der Waals surface area contributed by atoms with Gasteiger partial charge >= 0.3 is 35.8 Å². The van der Waals surface area contributed by atoms with E-state index in [2.05, 4.69) is 13.2 Å². The first-order valence-electron chi connectivity index (χ1n) is 30.3. The molecule has 1 aromatic heterocycles. The lowest BCUT2D eigenvalue weighted by Gasteiger charge is -2.26. The third-order valence-corrected chi connectivity index (χ3v) is 16.6. The van der Waals surface area contributed by atoms with E-state index in [-0.39, 0.29) is 42.2 Å². The van der Waals surface area contributed by atoms with Crippen molar-refractivity contribution >= 4 is 68.7 Å². The van der Waals surface area contributed by atoms with Crippen molar-refractivity contribution in [2.24, 2.45) is 28.8 Å². The molecule has 4 aromatic carbocycles. The zero-order valence-corrected chi connectivity index (χ0v) is 49.8. The lowest BCUT2D eigenvalue weighted by atomic mass is 9.82. The first-order valence-corrected chi connectivity index (χ1v) is 31.2. The van der Waals surface area contributed by atoms with Crippen molar-refractivity contribution in [3.05, 3.63) is 122 Å². The molecule has 3 fully saturated rings. The Balaban J connectivity index is 0.842. The molecule has 5 aromatic rings. The second-order valence-corrected chi connectivity index (χ2v) is 22.9. The third kappa shape index (κ3) is 20.7. The Morgan fingerprint density at radius 3 is 1.44 bits per heavy atom. The topological polar surface area (TPSA) is 214 Å². The summed E-state index contributed by atoms with van der Waals surface area (Å²) in [5.41, 5.74) is 1.20. The number of nitrogens with zero attached hydrogens (tertiary/aromatic N) is 3. The number of unbranched alkanes of at least 4 members (excludes halogenated alkanes) is 6. The van der Waals surface area contributed by atoms with Crippen molar-refractivity contribution in [2.45, 2.75) is 141 Å². The van der Waals surface area contributed by atoms with Crippen LogP contribution in [0.4, 0.5) is 5.13 Å². The fourth-order valence-electron chi connectivity index (χ4n) is 10.5. The number of rotatable bonds is 32. The number of benzene rings is 4. The van der Waals surface area contributed by atoms with E-state index < -0.39 is 41.6 Å². The average Bonchev–Trinajstić information content (AvgIpc) is 4.06. The molecule has 0 N–H and O–H groups in total. The number of ether oxygens (including phenoxy) is 9. The molecule has 1 heterocycles. The van der Waals surface area contributed by atoms with Crippen molar-refractivity contribution in [1.82, 2.24) is 4.98 Å². The fraction of sp³-hybridized carbons (Fsp3) is 0.463. The molecule has 0 amide bonds. The number of esters is 6. The molecule has 18 nitrogen and oxygen atoms in total. The molecule has 0 spiro atoms. The van der Waals surface area contributed by atoms with Gasteiger partial charge in [0.1, 0.15) is 41.2 Å². The number of anilines is 1. The van der Waals surface area contributed by atoms with Crippen LogP contribution >= 0.6 is 11.3 Å². The van der Waals surface area contributed by atoms with E-state index in [1.165, 1.54) is 17.8 Å². The average molecular weight is 1200 g/mol. The van der Waals surface area contributed by atoms with Gasteiger partial charge in [-0.05, 0) is 194 Å². The highest BCUT2D eigenvalue weighted by atomic mass is 32.1. The minimum absolute atomic E-state index is 0.0862. The molecule has 19 heteroatoms. The summed E-state index contributed by atoms with van der Waals surface area (Å²) >= 11 is 1.48. The summed E-state index contributed by atoms with van der Waals surface area (Å²) in [5, 5.41) is 7.21. The Hall–Kier alpha value is -7.90. The number of carbonyl (C=O) groups is 6. The highest BCUT2D eigenvalue weighted by molar-refractivity contribution is 7.22. The molecule has 0 atom stereocenters. The molecule has 8 rings (SSSR count). The number of hydrazone groups is 1. The molecule has 86 heavy (non-hydrogen) atoms. The van der Waals surface area contributed by atoms with Crippen LogP contribution in [-0.2, 0) is 43.0 Å². The predicted octanol–water partition coefficient (Wildman–Crippen LogP) is 13.4. The summed E-state index contributed by atoms with van der Waals surface area (Å²) in [7, 11) is 0. The summed E-state index contributed by atoms with van der Waals surface area (Å²) in [5.74, 6) is -1.57. The van der Waals surface area contributed by atoms with Gasteiger partial charge in [-0.1, -0.05) is 55.9 Å². The van der Waals surface area contributed by atoms with Gasteiger partial charge in [0.25, 0.3) is 0 Å². The summed E-state index contributed by atoms with van der Waals surface area (Å²) in [6.07, 6.45) is 19.6. The number of carbonyl (C=O) groups excluding carboxylic acids is 6. The fourth-order valence-corrected chi connectivity index (χ4v) is 11.4. The number of hydrogen-bond acceptors (Lipinski definition) is 19. The van der Waals surface area contributed by atoms with E-state index in [4.69, 9.17) is 52.7 Å². The van der Waals surface area contributed by atoms with Gasteiger partial charge in [0, 0.05) is 17.7 Å². The van der Waals surface area contributed by atoms with E-state index in [1.807, 2.05) is 24.3 Å². The molecular formula is C67H79N3O15S. The van der Waals surface area contributed by atoms with Gasteiger partial charge in [-0.25, -0.2) is 19.6 Å². The normalized spacial score (nSPS) is 17.9. The van der Waals surface area contributed by atoms with Gasteiger partial charge in [-0.15, -0.1) is 0 Å². The summed E-state index contributed by atoms with van der Waals surface area (Å²) < 4.78 is 52.8. The van der Waals surface area contributed by atoms with Crippen LogP contribution in [-0.4, -0.2) is 86.3 Å². The maximum Gasteiger partial charge on any atom is 0.330 e. The maximum atomic E-state index is 14.0. The van der Waals surface area contributed by atoms with Gasteiger partial charge in [0.15, 0.2) is 0 Å². The van der Waals surface area contributed by atoms with Gasteiger partial charge < -0.3 is 42.6 Å². The van der Waals surface area contributed by atoms with E-state index in [0.29, 0.717) is 111 Å². The largest absolute Gasteiger partial charge is 0.494 e. The van der Waals surface area contributed by atoms with E-state index >= 15 is 0 Å². The standard InChI is InChI=1S/C67H79N3O15S/c1-3-61(71)79-42-16-7-5-14-40-77-53-30-34-55(35-31-53)82-63(73)47-22-24-49(25-23-47)65(75)84-57-38-39-59(51(44-57)45-68-70(46-81-52-18-10-9-11-19-52)67-69-58-20-12-13-21-60(58)86-67)85-66(76)50-28-26-48(27-29-50)64(74)83-56-36-32-54(33-37-56)78-41-15-6-8-17-43-80-62(72)4-2/h3-4,12-13,20-21,30-39,44-45,47-50,52H,1-2,5-11,14-19,22-29,40-43,46H2/b68-45+. The van der Waals surface area contributed by atoms with Crippen molar-refractivity contribution in [3.8, 4) is 34.5 Å². The predicted molar refractivity (Wildman–Crippen MR) is 326 cm³/mol. The summed E-state index contributed by atoms with van der Waals surface area (Å²) in [6, 6.07) is 26.5. The van der Waals surface area contributed by atoms with Crippen LogP contribution < -0.4 is 33.4 Å². The molecular weight excluding hydrogens is 1120 g/mol. The van der Waals surface area contributed by atoms with E-state index in [0.717, 1.165) is 99.4 Å². The van der Waals surface area contributed by atoms with Crippen LogP contribution in [0.25, 0.3) is 10.2 Å². The van der Waals surface area contributed by atoms with Gasteiger partial charge in [-0.2, -0.15) is 5.10 Å². The molecule has 3 aliphatic carbocycles. The van der Waals surface area contributed by atoms with Crippen LogP contribution in [0.5, 0.6) is 34.5 Å². The molecule has 0 bridgehead atoms. The molecule has 3 saturated carbocycles. The highest BCUT2D eigenvalue weighted by Gasteiger charge is 2.34. The molecule has 3 aliphatic rings. The van der Waals surface area contributed by atoms with Crippen molar-refractivity contribution < 1.29 is 71.4 Å². The SMILES string of the molecule is C=CC(=O)OCCCCCCOc1ccc(OC(=O)C2CCC(C(=O)Oc3ccc(OC(=O)C4CCC(C(=O)Oc5ccc(OCCCCCCOC(=O)C=C)cc5)CC4)c(/C=N/N(COC4CCCCC4)c4nc5ccccc5s4)c3)CC2)cc1. The number of thiazole rings is 1. The maximum absolute atomic E-state index is 14.0. The minimum Gasteiger partial charge on any atom is -0.494 e. The molecule has 0 unspecified atom stereocenters. The molecule has 0 saturated heterocycles. The Morgan fingerprint density at radius 2 is 0.953 bits per heavy atom. The number of hydrogen-bond donors (Lipinski definition) is 0. The third-order valence-electron chi connectivity index (χ3n) is 15.5. The Labute approximate surface area is 507 Å². The van der Waals surface area contributed by atoms with Gasteiger partial charge in [-0.3, -0.25) is 19.2 Å². The van der Waals surface area contributed by atoms with Gasteiger partial charge in [0.2, 0.25) is 5.13 Å². The quantitative estimate of drug-likeness (QED) is 0.00744. The molecule has 458 valence electrons. The van der Waals surface area contributed by atoms with Crippen LogP contribution in [0.1, 0.15) is 140 Å². The summed E-state index contributed by atoms with van der Waals surface area (Å²) in [4.78, 5) is 81.7. The van der Waals surface area contributed by atoms with E-state index in [9.17, 15) is 28.8 Å². The molecule has 0 radical (unpaired) electrons. The second kappa shape index (κ2) is 34.3. The van der Waals surface area contributed by atoms with Crippen LogP contribution in [0, 0.1) is 23.7 Å². The van der Waals surface area contributed by atoms with Crippen molar-refractivity contribution in [3.63, 3.8) is 0 Å². The molecule has 0 aliphatic heterocycles. The number of fused-ring (bicyclic) bond motifs is 1. The lowest BCUT2D eigenvalue weighted by molar-refractivity contribution is -0.145. The monoisotopic (exact) mass is 1200 g/mol. The first kappa shape index (κ1) is 64.1. The van der Waals surface area contributed by atoms with Gasteiger partial charge in [0.05, 0.1) is 72.6 Å². The smallest absolute Gasteiger partial charge is 0.330 e. The zero-order chi connectivity index (χ0) is 60.3. The summed E-state index contributed by atoms with van der Waals surface area (Å²) in [6.45, 7) is 8.72. The van der Waals surface area contributed by atoms with Crippen molar-refractivity contribution in [1.29, 1.82) is 0 Å². The van der Waals surface area contributed by atoms with E-state index in [1.54, 1.807) is 78.0 Å². The van der Waals surface area contributed by atoms with Crippen LogP contribution in [0.2, 0.25) is 0 Å². The van der Waals surface area contributed by atoms with Crippen LogP contribution in [0.3, 0.4) is 0 Å².